The predicted molar refractivity (Wildman–Crippen MR) is 68.3 cm³/mol. The minimum absolute atomic E-state index is 0.414. The van der Waals surface area contributed by atoms with Gasteiger partial charge in [0.05, 0.1) is 0 Å². The lowest BCUT2D eigenvalue weighted by Gasteiger charge is -2.10. The molecule has 0 bridgehead atoms. The van der Waals surface area contributed by atoms with Crippen molar-refractivity contribution in [2.45, 2.75) is 19.3 Å². The van der Waals surface area contributed by atoms with E-state index in [0.29, 0.717) is 5.92 Å². The first kappa shape index (κ1) is 11.3. The van der Waals surface area contributed by atoms with E-state index >= 15 is 0 Å². The molecular formula is C13H13BrN2. The van der Waals surface area contributed by atoms with E-state index in [1.807, 2.05) is 24.5 Å². The molecule has 2 aromatic heterocycles. The van der Waals surface area contributed by atoms with Crippen molar-refractivity contribution in [2.75, 3.05) is 0 Å². The molecule has 0 spiro atoms. The summed E-state index contributed by atoms with van der Waals surface area (Å²) in [5.74, 6) is 0.414. The molecule has 16 heavy (non-hydrogen) atoms. The van der Waals surface area contributed by atoms with Crippen LogP contribution in [0.15, 0.2) is 47.3 Å². The van der Waals surface area contributed by atoms with Crippen molar-refractivity contribution in [2.24, 2.45) is 0 Å². The van der Waals surface area contributed by atoms with Crippen molar-refractivity contribution >= 4 is 15.9 Å². The highest BCUT2D eigenvalue weighted by molar-refractivity contribution is 9.10. The van der Waals surface area contributed by atoms with Crippen LogP contribution in [0.5, 0.6) is 0 Å². The molecule has 0 radical (unpaired) electrons. The summed E-state index contributed by atoms with van der Waals surface area (Å²) in [5.41, 5.74) is 2.36. The smallest absolute Gasteiger partial charge is 0.0435 e. The molecule has 0 aliphatic rings. The first-order valence-electron chi connectivity index (χ1n) is 5.26. The Hall–Kier alpha value is -1.22. The fourth-order valence-electron chi connectivity index (χ4n) is 1.69. The maximum absolute atomic E-state index is 4.37. The van der Waals surface area contributed by atoms with Crippen molar-refractivity contribution in [1.82, 2.24) is 9.97 Å². The van der Waals surface area contributed by atoms with Gasteiger partial charge in [-0.1, -0.05) is 13.0 Å². The molecule has 0 saturated heterocycles. The van der Waals surface area contributed by atoms with Crippen LogP contribution in [0.1, 0.15) is 24.1 Å². The molecule has 3 heteroatoms. The highest BCUT2D eigenvalue weighted by atomic mass is 79.9. The van der Waals surface area contributed by atoms with Crippen LogP contribution in [0.4, 0.5) is 0 Å². The van der Waals surface area contributed by atoms with Gasteiger partial charge in [0, 0.05) is 34.7 Å². The van der Waals surface area contributed by atoms with E-state index in [4.69, 9.17) is 0 Å². The van der Waals surface area contributed by atoms with E-state index < -0.39 is 0 Å². The lowest BCUT2D eigenvalue weighted by atomic mass is 9.99. The molecule has 82 valence electrons. The van der Waals surface area contributed by atoms with Crippen molar-refractivity contribution < 1.29 is 0 Å². The van der Waals surface area contributed by atoms with Gasteiger partial charge in [-0.2, -0.15) is 0 Å². The molecule has 0 aromatic carbocycles. The van der Waals surface area contributed by atoms with Gasteiger partial charge < -0.3 is 0 Å². The van der Waals surface area contributed by atoms with Crippen LogP contribution in [-0.2, 0) is 6.42 Å². The van der Waals surface area contributed by atoms with E-state index in [-0.39, 0.29) is 0 Å². The third-order valence-electron chi connectivity index (χ3n) is 2.50. The number of rotatable bonds is 3. The Bertz CT molecular complexity index is 456. The molecule has 0 aliphatic heterocycles. The third-order valence-corrected chi connectivity index (χ3v) is 2.93. The van der Waals surface area contributed by atoms with E-state index in [9.17, 15) is 0 Å². The van der Waals surface area contributed by atoms with Crippen LogP contribution in [-0.4, -0.2) is 9.97 Å². The van der Waals surface area contributed by atoms with Gasteiger partial charge in [-0.25, -0.2) is 0 Å². The normalized spacial score (nSPS) is 12.4. The van der Waals surface area contributed by atoms with Crippen LogP contribution >= 0.6 is 15.9 Å². The first-order valence-corrected chi connectivity index (χ1v) is 6.05. The van der Waals surface area contributed by atoms with Gasteiger partial charge >= 0.3 is 0 Å². The summed E-state index contributed by atoms with van der Waals surface area (Å²) >= 11 is 3.43. The second-order valence-electron chi connectivity index (χ2n) is 3.87. The second-order valence-corrected chi connectivity index (χ2v) is 4.79. The number of nitrogens with zero attached hydrogens (tertiary/aromatic N) is 2. The SMILES string of the molecule is CC(Cc1cncc(Br)c1)c1ccccn1. The molecule has 0 fully saturated rings. The van der Waals surface area contributed by atoms with Crippen molar-refractivity contribution in [1.29, 1.82) is 0 Å². The Morgan fingerprint density at radius 2 is 2.19 bits per heavy atom. The molecular weight excluding hydrogens is 264 g/mol. The van der Waals surface area contributed by atoms with Crippen molar-refractivity contribution in [3.63, 3.8) is 0 Å². The lowest BCUT2D eigenvalue weighted by Crippen LogP contribution is -2.00. The van der Waals surface area contributed by atoms with Crippen LogP contribution in [0.25, 0.3) is 0 Å². The van der Waals surface area contributed by atoms with Gasteiger partial charge in [0.15, 0.2) is 0 Å². The summed E-state index contributed by atoms with van der Waals surface area (Å²) in [5, 5.41) is 0. The predicted octanol–water partition coefficient (Wildman–Crippen LogP) is 3.59. The first-order chi connectivity index (χ1) is 7.75. The molecule has 0 saturated carbocycles. The molecule has 0 aliphatic carbocycles. The number of pyridine rings is 2. The van der Waals surface area contributed by atoms with E-state index in [1.165, 1.54) is 5.56 Å². The minimum atomic E-state index is 0.414. The minimum Gasteiger partial charge on any atom is -0.263 e. The van der Waals surface area contributed by atoms with Gasteiger partial charge in [0.25, 0.3) is 0 Å². The van der Waals surface area contributed by atoms with Gasteiger partial charge in [0.1, 0.15) is 0 Å². The Labute approximate surface area is 104 Å². The van der Waals surface area contributed by atoms with Gasteiger partial charge in [-0.15, -0.1) is 0 Å². The molecule has 0 amide bonds. The Morgan fingerprint density at radius 3 is 2.88 bits per heavy atom. The molecule has 0 N–H and O–H groups in total. The van der Waals surface area contributed by atoms with Crippen LogP contribution in [0.2, 0.25) is 0 Å². The zero-order valence-electron chi connectivity index (χ0n) is 9.10. The zero-order valence-corrected chi connectivity index (χ0v) is 10.7. The summed E-state index contributed by atoms with van der Waals surface area (Å²) in [6.07, 6.45) is 6.51. The van der Waals surface area contributed by atoms with Gasteiger partial charge in [0.2, 0.25) is 0 Å². The molecule has 1 atom stereocenters. The monoisotopic (exact) mass is 276 g/mol. The van der Waals surface area contributed by atoms with Gasteiger partial charge in [-0.3, -0.25) is 9.97 Å². The molecule has 2 nitrogen and oxygen atoms in total. The number of aromatic nitrogens is 2. The van der Waals surface area contributed by atoms with Gasteiger partial charge in [-0.05, 0) is 46.1 Å². The average Bonchev–Trinajstić information content (AvgIpc) is 2.30. The summed E-state index contributed by atoms with van der Waals surface area (Å²) in [4.78, 5) is 8.53. The van der Waals surface area contributed by atoms with E-state index in [1.54, 1.807) is 6.20 Å². The number of hydrogen-bond acceptors (Lipinski definition) is 2. The largest absolute Gasteiger partial charge is 0.263 e. The Kier molecular flexibility index (Phi) is 3.67. The average molecular weight is 277 g/mol. The Morgan fingerprint density at radius 1 is 1.31 bits per heavy atom. The molecule has 2 rings (SSSR count). The fraction of sp³-hybridized carbons (Fsp3) is 0.231. The van der Waals surface area contributed by atoms with Crippen LogP contribution in [0, 0.1) is 0 Å². The summed E-state index contributed by atoms with van der Waals surface area (Å²) in [6, 6.07) is 8.14. The van der Waals surface area contributed by atoms with Crippen molar-refractivity contribution in [3.8, 4) is 0 Å². The van der Waals surface area contributed by atoms with Crippen molar-refractivity contribution in [3.05, 3.63) is 58.6 Å². The second kappa shape index (κ2) is 5.21. The summed E-state index contributed by atoms with van der Waals surface area (Å²) < 4.78 is 1.03. The fourth-order valence-corrected chi connectivity index (χ4v) is 2.11. The molecule has 2 aromatic rings. The Balaban J connectivity index is 2.11. The molecule has 2 heterocycles. The topological polar surface area (TPSA) is 25.8 Å². The van der Waals surface area contributed by atoms with E-state index in [0.717, 1.165) is 16.6 Å². The maximum atomic E-state index is 4.37. The quantitative estimate of drug-likeness (QED) is 0.856. The molecule has 1 unspecified atom stereocenters. The number of halogens is 1. The van der Waals surface area contributed by atoms with Crippen LogP contribution < -0.4 is 0 Å². The standard InChI is InChI=1S/C13H13BrN2/c1-10(13-4-2-3-5-16-13)6-11-7-12(14)9-15-8-11/h2-5,7-10H,6H2,1H3. The van der Waals surface area contributed by atoms with Crippen LogP contribution in [0.3, 0.4) is 0 Å². The zero-order chi connectivity index (χ0) is 11.4. The maximum Gasteiger partial charge on any atom is 0.0435 e. The third kappa shape index (κ3) is 2.89. The number of hydrogen-bond donors (Lipinski definition) is 0. The summed E-state index contributed by atoms with van der Waals surface area (Å²) in [7, 11) is 0. The summed E-state index contributed by atoms with van der Waals surface area (Å²) in [6.45, 7) is 2.18. The highest BCUT2D eigenvalue weighted by Crippen LogP contribution is 2.19. The van der Waals surface area contributed by atoms with E-state index in [2.05, 4.69) is 45.0 Å². The highest BCUT2D eigenvalue weighted by Gasteiger charge is 2.07. The lowest BCUT2D eigenvalue weighted by molar-refractivity contribution is 0.728.